The third kappa shape index (κ3) is 5.00. The Kier molecular flexibility index (Phi) is 5.70. The number of hydrogen-bond acceptors (Lipinski definition) is 3. The van der Waals surface area contributed by atoms with Crippen molar-refractivity contribution in [1.29, 1.82) is 0 Å². The van der Waals surface area contributed by atoms with Crippen LogP contribution in [0.3, 0.4) is 0 Å². The quantitative estimate of drug-likeness (QED) is 0.432. The van der Waals surface area contributed by atoms with Gasteiger partial charge in [-0.3, -0.25) is 4.79 Å². The maximum absolute atomic E-state index is 11.4. The van der Waals surface area contributed by atoms with Gasteiger partial charge in [0.05, 0.1) is 0 Å². The first-order chi connectivity index (χ1) is 8.13. The zero-order chi connectivity index (χ0) is 12.7. The average molecular weight is 236 g/mol. The summed E-state index contributed by atoms with van der Waals surface area (Å²) in [5.41, 5.74) is 1.24. The molecular formula is C14H20O3. The van der Waals surface area contributed by atoms with Crippen molar-refractivity contribution in [2.45, 2.75) is 32.6 Å². The molecule has 0 heterocycles. The van der Waals surface area contributed by atoms with Gasteiger partial charge in [-0.25, -0.2) is 0 Å². The highest BCUT2D eigenvalue weighted by Gasteiger charge is 2.05. The lowest BCUT2D eigenvalue weighted by Gasteiger charge is -2.07. The molecule has 0 saturated heterocycles. The fourth-order valence-electron chi connectivity index (χ4n) is 1.46. The zero-order valence-corrected chi connectivity index (χ0v) is 10.7. The van der Waals surface area contributed by atoms with Crippen LogP contribution in [0.4, 0.5) is 0 Å². The third-order valence-electron chi connectivity index (χ3n) is 2.51. The molecule has 0 spiro atoms. The average Bonchev–Trinajstić information content (AvgIpc) is 2.30. The first-order valence-electron chi connectivity index (χ1n) is 5.93. The number of carbonyl (C=O) groups excluding carboxylic acids is 1. The second kappa shape index (κ2) is 7.07. The van der Waals surface area contributed by atoms with Gasteiger partial charge in [-0.05, 0) is 30.0 Å². The molecule has 0 aliphatic rings. The Bertz CT molecular complexity index is 341. The van der Waals surface area contributed by atoms with Gasteiger partial charge in [0.15, 0.2) is 0 Å². The largest absolute Gasteiger partial charge is 0.427 e. The van der Waals surface area contributed by atoms with E-state index in [1.54, 1.807) is 7.11 Å². The van der Waals surface area contributed by atoms with Crippen LogP contribution in [0.5, 0.6) is 5.75 Å². The molecule has 0 aromatic heterocycles. The molecule has 0 saturated carbocycles. The second-order valence-electron chi connectivity index (χ2n) is 4.29. The Morgan fingerprint density at radius 3 is 2.41 bits per heavy atom. The zero-order valence-electron chi connectivity index (χ0n) is 10.7. The van der Waals surface area contributed by atoms with Crippen molar-refractivity contribution < 1.29 is 14.3 Å². The molecule has 0 N–H and O–H groups in total. The smallest absolute Gasteiger partial charge is 0.311 e. The normalized spacial score (nSPS) is 10.6. The molecule has 94 valence electrons. The topological polar surface area (TPSA) is 35.5 Å². The van der Waals surface area contributed by atoms with Gasteiger partial charge in [0, 0.05) is 20.1 Å². The monoisotopic (exact) mass is 236 g/mol. The molecule has 0 aliphatic heterocycles. The first-order valence-corrected chi connectivity index (χ1v) is 5.93. The minimum atomic E-state index is -0.209. The van der Waals surface area contributed by atoms with E-state index in [9.17, 15) is 4.79 Å². The Morgan fingerprint density at radius 2 is 1.88 bits per heavy atom. The number of benzene rings is 1. The number of methoxy groups -OCH3 is 1. The fourth-order valence-corrected chi connectivity index (χ4v) is 1.46. The van der Waals surface area contributed by atoms with Crippen LogP contribution in [0.2, 0.25) is 0 Å². The van der Waals surface area contributed by atoms with Gasteiger partial charge in [-0.15, -0.1) is 0 Å². The van der Waals surface area contributed by atoms with Crippen LogP contribution < -0.4 is 4.74 Å². The number of ether oxygens (including phenoxy) is 2. The predicted octanol–water partition coefficient (Wildman–Crippen LogP) is 3.14. The van der Waals surface area contributed by atoms with Crippen LogP contribution in [0.1, 0.15) is 38.2 Å². The predicted molar refractivity (Wildman–Crippen MR) is 67.3 cm³/mol. The van der Waals surface area contributed by atoms with Gasteiger partial charge in [0.2, 0.25) is 0 Å². The Hall–Kier alpha value is -1.35. The van der Waals surface area contributed by atoms with Crippen molar-refractivity contribution in [3.8, 4) is 5.75 Å². The lowest BCUT2D eigenvalue weighted by molar-refractivity contribution is -0.134. The van der Waals surface area contributed by atoms with Gasteiger partial charge in [-0.2, -0.15) is 0 Å². The van der Waals surface area contributed by atoms with E-state index >= 15 is 0 Å². The molecular weight excluding hydrogens is 216 g/mol. The summed E-state index contributed by atoms with van der Waals surface area (Å²) in [4.78, 5) is 11.4. The molecule has 1 aromatic carbocycles. The Morgan fingerprint density at radius 1 is 1.24 bits per heavy atom. The summed E-state index contributed by atoms with van der Waals surface area (Å²) in [5.74, 6) is 0.887. The lowest BCUT2D eigenvalue weighted by atomic mass is 10.0. The number of rotatable bonds is 6. The van der Waals surface area contributed by atoms with Gasteiger partial charge in [0.25, 0.3) is 0 Å². The Balaban J connectivity index is 2.43. The number of carbonyl (C=O) groups is 1. The summed E-state index contributed by atoms with van der Waals surface area (Å²) in [6.45, 7) is 4.85. The van der Waals surface area contributed by atoms with E-state index in [0.717, 1.165) is 0 Å². The van der Waals surface area contributed by atoms with E-state index in [4.69, 9.17) is 9.47 Å². The molecule has 0 unspecified atom stereocenters. The highest BCUT2D eigenvalue weighted by atomic mass is 16.5. The van der Waals surface area contributed by atoms with Crippen molar-refractivity contribution in [3.05, 3.63) is 29.8 Å². The van der Waals surface area contributed by atoms with Crippen molar-refractivity contribution >= 4 is 5.97 Å². The van der Waals surface area contributed by atoms with Gasteiger partial charge < -0.3 is 9.47 Å². The summed E-state index contributed by atoms with van der Waals surface area (Å²) in [5, 5.41) is 0. The molecule has 17 heavy (non-hydrogen) atoms. The third-order valence-corrected chi connectivity index (χ3v) is 2.51. The molecule has 0 fully saturated rings. The summed E-state index contributed by atoms with van der Waals surface area (Å²) in [7, 11) is 1.62. The second-order valence-corrected chi connectivity index (χ2v) is 4.29. The van der Waals surface area contributed by atoms with Crippen LogP contribution in [0.15, 0.2) is 24.3 Å². The van der Waals surface area contributed by atoms with Crippen LogP contribution in [-0.4, -0.2) is 19.7 Å². The molecule has 3 nitrogen and oxygen atoms in total. The maximum Gasteiger partial charge on any atom is 0.311 e. The van der Waals surface area contributed by atoms with Crippen molar-refractivity contribution in [2.24, 2.45) is 0 Å². The van der Waals surface area contributed by atoms with E-state index in [1.165, 1.54) is 5.56 Å². The SMILES string of the molecule is COCCCC(=O)Oc1ccc(C(C)C)cc1. The van der Waals surface area contributed by atoms with Crippen molar-refractivity contribution in [3.63, 3.8) is 0 Å². The van der Waals surface area contributed by atoms with E-state index < -0.39 is 0 Å². The molecule has 0 bridgehead atoms. The molecule has 3 heteroatoms. The van der Waals surface area contributed by atoms with Crippen molar-refractivity contribution in [2.75, 3.05) is 13.7 Å². The minimum Gasteiger partial charge on any atom is -0.427 e. The lowest BCUT2D eigenvalue weighted by Crippen LogP contribution is -2.08. The molecule has 0 radical (unpaired) electrons. The molecule has 0 atom stereocenters. The summed E-state index contributed by atoms with van der Waals surface area (Å²) in [6.07, 6.45) is 1.08. The summed E-state index contributed by atoms with van der Waals surface area (Å²) in [6, 6.07) is 7.65. The molecule has 0 amide bonds. The fraction of sp³-hybridized carbons (Fsp3) is 0.500. The van der Waals surface area contributed by atoms with E-state index in [1.807, 2.05) is 24.3 Å². The standard InChI is InChI=1S/C14H20O3/c1-11(2)12-6-8-13(9-7-12)17-14(15)5-4-10-16-3/h6-9,11H,4-5,10H2,1-3H3. The van der Waals surface area contributed by atoms with Crippen LogP contribution in [0.25, 0.3) is 0 Å². The maximum atomic E-state index is 11.4. The highest BCUT2D eigenvalue weighted by Crippen LogP contribution is 2.18. The van der Waals surface area contributed by atoms with E-state index in [2.05, 4.69) is 13.8 Å². The summed E-state index contributed by atoms with van der Waals surface area (Å²) >= 11 is 0. The van der Waals surface area contributed by atoms with E-state index in [0.29, 0.717) is 31.1 Å². The number of hydrogen-bond donors (Lipinski definition) is 0. The summed E-state index contributed by atoms with van der Waals surface area (Å²) < 4.78 is 10.1. The highest BCUT2D eigenvalue weighted by molar-refractivity contribution is 5.72. The van der Waals surface area contributed by atoms with Crippen LogP contribution in [0, 0.1) is 0 Å². The Labute approximate surface area is 103 Å². The van der Waals surface area contributed by atoms with Gasteiger partial charge >= 0.3 is 5.97 Å². The van der Waals surface area contributed by atoms with Crippen LogP contribution >= 0.6 is 0 Å². The van der Waals surface area contributed by atoms with E-state index in [-0.39, 0.29) is 5.97 Å². The molecule has 1 rings (SSSR count). The van der Waals surface area contributed by atoms with Gasteiger partial charge in [0.1, 0.15) is 5.75 Å². The van der Waals surface area contributed by atoms with Crippen molar-refractivity contribution in [1.82, 2.24) is 0 Å². The minimum absolute atomic E-state index is 0.209. The molecule has 1 aromatic rings. The van der Waals surface area contributed by atoms with Gasteiger partial charge in [-0.1, -0.05) is 26.0 Å². The number of esters is 1. The molecule has 0 aliphatic carbocycles. The van der Waals surface area contributed by atoms with Crippen LogP contribution in [-0.2, 0) is 9.53 Å². The first kappa shape index (κ1) is 13.7.